The molecule has 2 aromatic heterocycles. The van der Waals surface area contributed by atoms with Gasteiger partial charge >= 0.3 is 0 Å². The van der Waals surface area contributed by atoms with Crippen molar-refractivity contribution < 1.29 is 4.74 Å². The Labute approximate surface area is 189 Å². The summed E-state index contributed by atoms with van der Waals surface area (Å²) in [7, 11) is 0. The number of thiophene rings is 1. The first-order chi connectivity index (χ1) is 15.2. The molecule has 1 saturated heterocycles. The van der Waals surface area contributed by atoms with Gasteiger partial charge in [-0.1, -0.05) is 71.9 Å². The summed E-state index contributed by atoms with van der Waals surface area (Å²) >= 11 is 3.16. The highest BCUT2D eigenvalue weighted by Crippen LogP contribution is 2.33. The van der Waals surface area contributed by atoms with E-state index in [0.29, 0.717) is 11.2 Å². The summed E-state index contributed by atoms with van der Waals surface area (Å²) in [5.41, 5.74) is 4.26. The van der Waals surface area contributed by atoms with Crippen molar-refractivity contribution in [1.82, 2.24) is 9.55 Å². The van der Waals surface area contributed by atoms with Gasteiger partial charge in [0.15, 0.2) is 5.16 Å². The Morgan fingerprint density at radius 2 is 1.97 bits per heavy atom. The van der Waals surface area contributed by atoms with Crippen LogP contribution in [0.4, 0.5) is 0 Å². The minimum atomic E-state index is 0.0343. The largest absolute Gasteiger partial charge is 0.377 e. The minimum Gasteiger partial charge on any atom is -0.377 e. The van der Waals surface area contributed by atoms with Crippen LogP contribution in [0.15, 0.2) is 70.6 Å². The second-order valence-electron chi connectivity index (χ2n) is 7.91. The fourth-order valence-corrected chi connectivity index (χ4v) is 5.92. The van der Waals surface area contributed by atoms with Crippen molar-refractivity contribution in [2.45, 2.75) is 37.6 Å². The number of benzene rings is 2. The predicted molar refractivity (Wildman–Crippen MR) is 129 cm³/mol. The van der Waals surface area contributed by atoms with E-state index in [-0.39, 0.29) is 11.7 Å². The fourth-order valence-electron chi connectivity index (χ4n) is 3.81. The lowest BCUT2D eigenvalue weighted by molar-refractivity contribution is 0.129. The van der Waals surface area contributed by atoms with Crippen LogP contribution in [-0.4, -0.2) is 28.0 Å². The van der Waals surface area contributed by atoms with Crippen molar-refractivity contribution in [1.29, 1.82) is 0 Å². The van der Waals surface area contributed by atoms with Crippen molar-refractivity contribution in [3.63, 3.8) is 0 Å². The van der Waals surface area contributed by atoms with Crippen LogP contribution < -0.4 is 5.56 Å². The van der Waals surface area contributed by atoms with Gasteiger partial charge in [0.25, 0.3) is 5.56 Å². The van der Waals surface area contributed by atoms with Crippen molar-refractivity contribution in [2.75, 3.05) is 12.4 Å². The number of ether oxygens (including phenoxy) is 1. The quantitative estimate of drug-likeness (QED) is 0.278. The number of hydrogen-bond acceptors (Lipinski definition) is 5. The van der Waals surface area contributed by atoms with E-state index in [2.05, 4.69) is 49.4 Å². The Bertz CT molecular complexity index is 1240. The Morgan fingerprint density at radius 3 is 2.71 bits per heavy atom. The summed E-state index contributed by atoms with van der Waals surface area (Å²) in [5.74, 6) is 0.821. The molecule has 0 aliphatic carbocycles. The molecule has 6 heteroatoms. The highest BCUT2D eigenvalue weighted by molar-refractivity contribution is 7.99. The molecule has 4 aromatic rings. The first kappa shape index (κ1) is 20.5. The number of nitrogens with zero attached hydrogens (tertiary/aromatic N) is 2. The zero-order chi connectivity index (χ0) is 21.2. The second kappa shape index (κ2) is 8.99. The summed E-state index contributed by atoms with van der Waals surface area (Å²) in [6.07, 6.45) is 2.43. The first-order valence-electron chi connectivity index (χ1n) is 10.6. The fraction of sp³-hybridized carbons (Fsp3) is 0.280. The smallest absolute Gasteiger partial charge is 0.272 e. The highest BCUT2D eigenvalue weighted by Gasteiger charge is 2.20. The SMILES string of the molecule is Cc1ccc(-c2cc3nc(SC[C@@H]4CCCO4)n(Cc4ccccc4)c(=O)c3s2)cc1. The normalized spacial score (nSPS) is 16.2. The average molecular weight is 449 g/mol. The van der Waals surface area contributed by atoms with Crippen molar-refractivity contribution in [3.8, 4) is 10.4 Å². The van der Waals surface area contributed by atoms with Crippen LogP contribution in [0.5, 0.6) is 0 Å². The van der Waals surface area contributed by atoms with Crippen LogP contribution in [0.2, 0.25) is 0 Å². The molecule has 2 aromatic carbocycles. The van der Waals surface area contributed by atoms with Crippen molar-refractivity contribution in [3.05, 3.63) is 82.1 Å². The standard InChI is InChI=1S/C25H24N2O2S2/c1-17-9-11-19(12-10-17)22-14-21-23(31-22)24(28)27(15-18-6-3-2-4-7-18)25(26-21)30-16-20-8-5-13-29-20/h2-4,6-7,9-12,14,20H,5,8,13,15-16H2,1H3/t20-/m0/s1. The lowest BCUT2D eigenvalue weighted by Crippen LogP contribution is -2.23. The van der Waals surface area contributed by atoms with Gasteiger partial charge in [0, 0.05) is 17.2 Å². The van der Waals surface area contributed by atoms with Gasteiger partial charge in [-0.15, -0.1) is 11.3 Å². The molecular formula is C25H24N2O2S2. The minimum absolute atomic E-state index is 0.0343. The van der Waals surface area contributed by atoms with Gasteiger partial charge in [0.1, 0.15) is 4.70 Å². The number of aryl methyl sites for hydroxylation is 1. The molecule has 0 bridgehead atoms. The predicted octanol–water partition coefficient (Wildman–Crippen LogP) is 5.75. The van der Waals surface area contributed by atoms with E-state index in [1.54, 1.807) is 11.8 Å². The number of thioether (sulfide) groups is 1. The van der Waals surface area contributed by atoms with Gasteiger partial charge in [0.2, 0.25) is 0 Å². The first-order valence-corrected chi connectivity index (χ1v) is 12.4. The lowest BCUT2D eigenvalue weighted by atomic mass is 10.1. The molecule has 158 valence electrons. The molecule has 1 aliphatic rings. The molecule has 1 fully saturated rings. The maximum atomic E-state index is 13.5. The average Bonchev–Trinajstić information content (AvgIpc) is 3.46. The number of aromatic nitrogens is 2. The maximum Gasteiger partial charge on any atom is 0.272 e. The van der Waals surface area contributed by atoms with E-state index < -0.39 is 0 Å². The third-order valence-electron chi connectivity index (χ3n) is 5.54. The monoisotopic (exact) mass is 448 g/mol. The van der Waals surface area contributed by atoms with Gasteiger partial charge in [0.05, 0.1) is 18.2 Å². The summed E-state index contributed by atoms with van der Waals surface area (Å²) in [6, 6.07) is 20.6. The third-order valence-corrected chi connectivity index (χ3v) is 7.81. The molecule has 3 heterocycles. The Balaban J connectivity index is 1.56. The molecule has 0 N–H and O–H groups in total. The van der Waals surface area contributed by atoms with Crippen LogP contribution in [0.3, 0.4) is 0 Å². The summed E-state index contributed by atoms with van der Waals surface area (Å²) in [5, 5.41) is 0.769. The van der Waals surface area contributed by atoms with E-state index in [1.165, 1.54) is 16.9 Å². The van der Waals surface area contributed by atoms with Gasteiger partial charge in [-0.25, -0.2) is 4.98 Å². The van der Waals surface area contributed by atoms with E-state index in [1.807, 2.05) is 22.8 Å². The third kappa shape index (κ3) is 4.47. The zero-order valence-corrected chi connectivity index (χ0v) is 19.0. The Hall–Kier alpha value is -2.41. The van der Waals surface area contributed by atoms with Gasteiger partial charge < -0.3 is 4.74 Å². The summed E-state index contributed by atoms with van der Waals surface area (Å²) < 4.78 is 8.33. The number of rotatable bonds is 6. The summed E-state index contributed by atoms with van der Waals surface area (Å²) in [4.78, 5) is 19.6. The zero-order valence-electron chi connectivity index (χ0n) is 17.4. The van der Waals surface area contributed by atoms with Gasteiger partial charge in [-0.2, -0.15) is 0 Å². The summed E-state index contributed by atoms with van der Waals surface area (Å²) in [6.45, 7) is 3.43. The number of hydrogen-bond donors (Lipinski definition) is 0. The van der Waals surface area contributed by atoms with E-state index in [4.69, 9.17) is 9.72 Å². The van der Waals surface area contributed by atoms with Crippen LogP contribution >= 0.6 is 23.1 Å². The van der Waals surface area contributed by atoms with E-state index in [9.17, 15) is 4.79 Å². The molecule has 1 aliphatic heterocycles. The van der Waals surface area contributed by atoms with Crippen molar-refractivity contribution >= 4 is 33.3 Å². The lowest BCUT2D eigenvalue weighted by Gasteiger charge is -2.14. The second-order valence-corrected chi connectivity index (χ2v) is 9.95. The van der Waals surface area contributed by atoms with E-state index >= 15 is 0 Å². The molecule has 0 amide bonds. The Kier molecular flexibility index (Phi) is 5.94. The van der Waals surface area contributed by atoms with Crippen LogP contribution in [0.1, 0.15) is 24.0 Å². The Morgan fingerprint density at radius 1 is 1.16 bits per heavy atom. The van der Waals surface area contributed by atoms with Gasteiger partial charge in [-0.05, 0) is 37.0 Å². The molecule has 0 spiro atoms. The molecular weight excluding hydrogens is 424 g/mol. The van der Waals surface area contributed by atoms with Crippen molar-refractivity contribution in [2.24, 2.45) is 0 Å². The molecule has 0 unspecified atom stereocenters. The van der Waals surface area contributed by atoms with Crippen LogP contribution in [0, 0.1) is 6.92 Å². The van der Waals surface area contributed by atoms with Gasteiger partial charge in [-0.3, -0.25) is 9.36 Å². The van der Waals surface area contributed by atoms with Crippen LogP contribution in [0.25, 0.3) is 20.7 Å². The molecule has 0 saturated carbocycles. The molecule has 0 radical (unpaired) electrons. The maximum absolute atomic E-state index is 13.5. The highest BCUT2D eigenvalue weighted by atomic mass is 32.2. The molecule has 5 rings (SSSR count). The van der Waals surface area contributed by atoms with E-state index in [0.717, 1.165) is 51.9 Å². The number of fused-ring (bicyclic) bond motifs is 1. The molecule has 1 atom stereocenters. The van der Waals surface area contributed by atoms with Crippen LogP contribution in [-0.2, 0) is 11.3 Å². The molecule has 31 heavy (non-hydrogen) atoms. The molecule has 4 nitrogen and oxygen atoms in total. The topological polar surface area (TPSA) is 44.1 Å².